The Hall–Kier alpha value is -4.25. The number of ether oxygens (including phenoxy) is 3. The third-order valence-electron chi connectivity index (χ3n) is 6.80. The number of amides is 2. The second-order valence-electron chi connectivity index (χ2n) is 9.97. The van der Waals surface area contributed by atoms with Gasteiger partial charge in [0.25, 0.3) is 0 Å². The molecule has 0 saturated carbocycles. The predicted molar refractivity (Wildman–Crippen MR) is 160 cm³/mol. The number of nitrogens with one attached hydrogen (secondary N) is 1. The summed E-state index contributed by atoms with van der Waals surface area (Å²) in [5.41, 5.74) is 1.85. The molecule has 11 heteroatoms. The van der Waals surface area contributed by atoms with Gasteiger partial charge in [0.05, 0.1) is 19.1 Å². The monoisotopic (exact) mass is 595 g/mol. The molecule has 0 saturated heterocycles. The van der Waals surface area contributed by atoms with Crippen LogP contribution in [0, 0.1) is 0 Å². The Balaban J connectivity index is 1.73. The van der Waals surface area contributed by atoms with E-state index in [9.17, 15) is 18.0 Å². The highest BCUT2D eigenvalue weighted by Gasteiger charge is 2.33. The maximum atomic E-state index is 14.2. The van der Waals surface area contributed by atoms with E-state index in [1.807, 2.05) is 43.3 Å². The third kappa shape index (κ3) is 7.94. The lowest BCUT2D eigenvalue weighted by molar-refractivity contribution is -0.140. The van der Waals surface area contributed by atoms with E-state index in [-0.39, 0.29) is 24.6 Å². The molecule has 0 spiro atoms. The molecule has 3 aromatic carbocycles. The van der Waals surface area contributed by atoms with Crippen LogP contribution in [0.3, 0.4) is 0 Å². The van der Waals surface area contributed by atoms with Gasteiger partial charge < -0.3 is 24.4 Å². The first-order valence-electron chi connectivity index (χ1n) is 13.8. The first-order valence-corrected chi connectivity index (χ1v) is 15.7. The Morgan fingerprint density at radius 3 is 2.36 bits per heavy atom. The van der Waals surface area contributed by atoms with Crippen molar-refractivity contribution < 1.29 is 32.2 Å². The SMILES string of the molecule is CCCNC(=O)[C@H](Cc1ccccc1)N(Cc1cccc(OC)c1)C(=O)CN(c1ccc2c(c1)OCCO2)S(C)(=O)=O. The maximum absolute atomic E-state index is 14.2. The maximum Gasteiger partial charge on any atom is 0.244 e. The van der Waals surface area contributed by atoms with E-state index < -0.39 is 28.5 Å². The summed E-state index contributed by atoms with van der Waals surface area (Å²) in [6.45, 7) is 2.65. The average molecular weight is 596 g/mol. The number of benzene rings is 3. The molecule has 1 heterocycles. The highest BCUT2D eigenvalue weighted by Crippen LogP contribution is 2.35. The zero-order valence-corrected chi connectivity index (χ0v) is 24.9. The number of carbonyl (C=O) groups is 2. The van der Waals surface area contributed by atoms with Crippen LogP contribution in [0.15, 0.2) is 72.8 Å². The molecular formula is C31H37N3O7S. The summed E-state index contributed by atoms with van der Waals surface area (Å²) in [5.74, 6) is 0.644. The largest absolute Gasteiger partial charge is 0.497 e. The van der Waals surface area contributed by atoms with Crippen molar-refractivity contribution in [2.75, 3.05) is 44.0 Å². The van der Waals surface area contributed by atoms with Gasteiger partial charge in [-0.25, -0.2) is 8.42 Å². The van der Waals surface area contributed by atoms with E-state index in [1.54, 1.807) is 43.5 Å². The van der Waals surface area contributed by atoms with Crippen LogP contribution in [0.4, 0.5) is 5.69 Å². The van der Waals surface area contributed by atoms with Gasteiger partial charge in [-0.1, -0.05) is 49.4 Å². The number of anilines is 1. The number of fused-ring (bicyclic) bond motifs is 1. The molecular weight excluding hydrogens is 558 g/mol. The van der Waals surface area contributed by atoms with Gasteiger partial charge in [0.1, 0.15) is 31.5 Å². The Morgan fingerprint density at radius 2 is 1.67 bits per heavy atom. The van der Waals surface area contributed by atoms with Gasteiger partial charge in [0.2, 0.25) is 21.8 Å². The number of hydrogen-bond acceptors (Lipinski definition) is 7. The van der Waals surface area contributed by atoms with Crippen LogP contribution >= 0.6 is 0 Å². The van der Waals surface area contributed by atoms with Gasteiger partial charge in [0.15, 0.2) is 11.5 Å². The van der Waals surface area contributed by atoms with Crippen molar-refractivity contribution >= 4 is 27.5 Å². The van der Waals surface area contributed by atoms with E-state index in [1.165, 1.54) is 4.90 Å². The second kappa shape index (κ2) is 14.1. The molecule has 2 amide bonds. The summed E-state index contributed by atoms with van der Waals surface area (Å²) in [5, 5.41) is 2.93. The normalized spacial score (nSPS) is 13.1. The molecule has 3 aromatic rings. The van der Waals surface area contributed by atoms with E-state index in [0.29, 0.717) is 37.0 Å². The molecule has 0 bridgehead atoms. The molecule has 1 atom stereocenters. The van der Waals surface area contributed by atoms with Crippen molar-refractivity contribution in [2.45, 2.75) is 32.4 Å². The Bertz CT molecular complexity index is 1480. The number of hydrogen-bond donors (Lipinski definition) is 1. The summed E-state index contributed by atoms with van der Waals surface area (Å²) in [6.07, 6.45) is 2.01. The first-order chi connectivity index (χ1) is 20.2. The molecule has 4 rings (SSSR count). The fourth-order valence-electron chi connectivity index (χ4n) is 4.69. The van der Waals surface area contributed by atoms with E-state index in [2.05, 4.69) is 5.32 Å². The highest BCUT2D eigenvalue weighted by atomic mass is 32.2. The summed E-state index contributed by atoms with van der Waals surface area (Å²) in [4.78, 5) is 29.2. The van der Waals surface area contributed by atoms with Crippen molar-refractivity contribution in [1.29, 1.82) is 0 Å². The van der Waals surface area contributed by atoms with Crippen LogP contribution < -0.4 is 23.8 Å². The van der Waals surface area contributed by atoms with Crippen LogP contribution in [0.5, 0.6) is 17.2 Å². The molecule has 224 valence electrons. The van der Waals surface area contributed by atoms with Gasteiger partial charge in [-0.3, -0.25) is 13.9 Å². The van der Waals surface area contributed by atoms with Crippen molar-refractivity contribution in [1.82, 2.24) is 10.2 Å². The quantitative estimate of drug-likeness (QED) is 0.322. The van der Waals surface area contributed by atoms with E-state index in [4.69, 9.17) is 14.2 Å². The number of nitrogens with zero attached hydrogens (tertiary/aromatic N) is 2. The van der Waals surface area contributed by atoms with Crippen LogP contribution in [-0.2, 0) is 32.6 Å². The lowest BCUT2D eigenvalue weighted by Gasteiger charge is -2.33. The van der Waals surface area contributed by atoms with Gasteiger partial charge >= 0.3 is 0 Å². The molecule has 0 radical (unpaired) electrons. The number of sulfonamides is 1. The van der Waals surface area contributed by atoms with Gasteiger partial charge in [-0.2, -0.15) is 0 Å². The summed E-state index contributed by atoms with van der Waals surface area (Å²) >= 11 is 0. The molecule has 42 heavy (non-hydrogen) atoms. The molecule has 1 aliphatic heterocycles. The van der Waals surface area contributed by atoms with Gasteiger partial charge in [0, 0.05) is 25.6 Å². The average Bonchev–Trinajstić information content (AvgIpc) is 3.00. The smallest absolute Gasteiger partial charge is 0.244 e. The Labute approximate surface area is 247 Å². The minimum Gasteiger partial charge on any atom is -0.497 e. The van der Waals surface area contributed by atoms with Crippen molar-refractivity contribution in [3.63, 3.8) is 0 Å². The molecule has 1 aliphatic rings. The highest BCUT2D eigenvalue weighted by molar-refractivity contribution is 7.92. The molecule has 0 aromatic heterocycles. The van der Waals surface area contributed by atoms with Gasteiger partial charge in [-0.05, 0) is 41.8 Å². The minimum atomic E-state index is -3.91. The fraction of sp³-hybridized carbons (Fsp3) is 0.355. The minimum absolute atomic E-state index is 0.0613. The number of carbonyl (C=O) groups excluding carboxylic acids is 2. The van der Waals surface area contributed by atoms with Crippen LogP contribution in [-0.4, -0.2) is 70.8 Å². The molecule has 10 nitrogen and oxygen atoms in total. The van der Waals surface area contributed by atoms with Crippen LogP contribution in [0.25, 0.3) is 0 Å². The second-order valence-corrected chi connectivity index (χ2v) is 11.9. The fourth-order valence-corrected chi connectivity index (χ4v) is 5.53. The van der Waals surface area contributed by atoms with Gasteiger partial charge in [-0.15, -0.1) is 0 Å². The van der Waals surface area contributed by atoms with Crippen LogP contribution in [0.2, 0.25) is 0 Å². The standard InChI is InChI=1S/C31H37N3O7S/c1-4-15-32-31(36)27(19-23-9-6-5-7-10-23)33(21-24-11-8-12-26(18-24)39-2)30(35)22-34(42(3,37)38)25-13-14-28-29(20-25)41-17-16-40-28/h5-14,18,20,27H,4,15-17,19,21-22H2,1-3H3,(H,32,36)/t27-/m0/s1. The number of methoxy groups -OCH3 is 1. The predicted octanol–water partition coefficient (Wildman–Crippen LogP) is 3.40. The summed E-state index contributed by atoms with van der Waals surface area (Å²) in [7, 11) is -2.36. The van der Waals surface area contributed by atoms with Crippen molar-refractivity contribution in [2.24, 2.45) is 0 Å². The van der Waals surface area contributed by atoms with E-state index >= 15 is 0 Å². The number of rotatable bonds is 13. The van der Waals surface area contributed by atoms with E-state index in [0.717, 1.165) is 28.1 Å². The zero-order valence-electron chi connectivity index (χ0n) is 24.1. The van der Waals surface area contributed by atoms with Crippen molar-refractivity contribution in [3.8, 4) is 17.2 Å². The zero-order chi connectivity index (χ0) is 30.1. The molecule has 0 aliphatic carbocycles. The van der Waals surface area contributed by atoms with Crippen LogP contribution in [0.1, 0.15) is 24.5 Å². The Kier molecular flexibility index (Phi) is 10.3. The topological polar surface area (TPSA) is 114 Å². The summed E-state index contributed by atoms with van der Waals surface area (Å²) in [6, 6.07) is 20.5. The molecule has 0 fully saturated rings. The molecule has 1 N–H and O–H groups in total. The third-order valence-corrected chi connectivity index (χ3v) is 7.94. The van der Waals surface area contributed by atoms with Crippen molar-refractivity contribution in [3.05, 3.63) is 83.9 Å². The lowest BCUT2D eigenvalue weighted by atomic mass is 10.0. The summed E-state index contributed by atoms with van der Waals surface area (Å²) < 4.78 is 43.7. The first kappa shape index (κ1) is 30.7. The molecule has 0 unspecified atom stereocenters. The lowest BCUT2D eigenvalue weighted by Crippen LogP contribution is -2.53. The Morgan fingerprint density at radius 1 is 0.952 bits per heavy atom.